The predicted molar refractivity (Wildman–Crippen MR) is 53.4 cm³/mol. The normalized spacial score (nSPS) is 10.1. The van der Waals surface area contributed by atoms with Crippen LogP contribution in [0.2, 0.25) is 0 Å². The van der Waals surface area contributed by atoms with Crippen molar-refractivity contribution in [3.63, 3.8) is 0 Å². The van der Waals surface area contributed by atoms with Crippen LogP contribution in [0.4, 0.5) is 0 Å². The standard InChI is InChI=1S/C8H10BBrO2/c1-5-3-6(2)8(9(11)12)7(10)4-5/h3-4,11-12H,1-2H3. The van der Waals surface area contributed by atoms with Crippen LogP contribution < -0.4 is 5.46 Å². The lowest BCUT2D eigenvalue weighted by Gasteiger charge is -2.08. The second-order valence-electron chi connectivity index (χ2n) is 2.85. The minimum Gasteiger partial charge on any atom is -0.423 e. The fourth-order valence-corrected chi connectivity index (χ4v) is 2.13. The highest BCUT2D eigenvalue weighted by Crippen LogP contribution is 2.12. The monoisotopic (exact) mass is 228 g/mol. The molecule has 64 valence electrons. The summed E-state index contributed by atoms with van der Waals surface area (Å²) in [6.45, 7) is 3.82. The van der Waals surface area contributed by atoms with Crippen LogP contribution in [0.1, 0.15) is 11.1 Å². The number of aryl methyl sites for hydroxylation is 2. The topological polar surface area (TPSA) is 40.5 Å². The van der Waals surface area contributed by atoms with E-state index in [4.69, 9.17) is 10.0 Å². The van der Waals surface area contributed by atoms with Gasteiger partial charge >= 0.3 is 7.12 Å². The molecule has 0 spiro atoms. The number of halogens is 1. The molecule has 0 aliphatic carbocycles. The average Bonchev–Trinajstić information content (AvgIpc) is 1.82. The predicted octanol–water partition coefficient (Wildman–Crippen LogP) is 0.746. The lowest BCUT2D eigenvalue weighted by atomic mass is 9.77. The second kappa shape index (κ2) is 3.60. The number of rotatable bonds is 1. The molecule has 1 aromatic carbocycles. The summed E-state index contributed by atoms with van der Waals surface area (Å²) >= 11 is 3.28. The van der Waals surface area contributed by atoms with Gasteiger partial charge in [-0.25, -0.2) is 0 Å². The molecule has 0 atom stereocenters. The van der Waals surface area contributed by atoms with Crippen LogP contribution >= 0.6 is 15.9 Å². The molecule has 1 rings (SSSR count). The van der Waals surface area contributed by atoms with Gasteiger partial charge in [-0.15, -0.1) is 0 Å². The highest BCUT2D eigenvalue weighted by Gasteiger charge is 2.17. The van der Waals surface area contributed by atoms with Gasteiger partial charge in [0.05, 0.1) is 0 Å². The van der Waals surface area contributed by atoms with E-state index in [9.17, 15) is 0 Å². The van der Waals surface area contributed by atoms with Gasteiger partial charge in [0.15, 0.2) is 0 Å². The van der Waals surface area contributed by atoms with Gasteiger partial charge in [-0.2, -0.15) is 0 Å². The van der Waals surface area contributed by atoms with E-state index in [1.54, 1.807) is 0 Å². The maximum absolute atomic E-state index is 9.00. The first-order valence-corrected chi connectivity index (χ1v) is 4.44. The van der Waals surface area contributed by atoms with Gasteiger partial charge < -0.3 is 10.0 Å². The minimum absolute atomic E-state index is 0.542. The van der Waals surface area contributed by atoms with Gasteiger partial charge in [0, 0.05) is 4.47 Å². The number of hydrogen-bond donors (Lipinski definition) is 2. The first kappa shape index (κ1) is 9.77. The van der Waals surface area contributed by atoms with E-state index in [0.29, 0.717) is 5.46 Å². The van der Waals surface area contributed by atoms with E-state index < -0.39 is 7.12 Å². The summed E-state index contributed by atoms with van der Waals surface area (Å²) in [7, 11) is -1.40. The van der Waals surface area contributed by atoms with E-state index in [-0.39, 0.29) is 0 Å². The Morgan fingerprint density at radius 1 is 1.25 bits per heavy atom. The van der Waals surface area contributed by atoms with Crippen LogP contribution in [-0.2, 0) is 0 Å². The van der Waals surface area contributed by atoms with Crippen molar-refractivity contribution < 1.29 is 10.0 Å². The molecule has 0 aliphatic rings. The molecule has 12 heavy (non-hydrogen) atoms. The molecular formula is C8H10BBrO2. The fourth-order valence-electron chi connectivity index (χ4n) is 1.25. The van der Waals surface area contributed by atoms with Crippen LogP contribution in [-0.4, -0.2) is 17.2 Å². The summed E-state index contributed by atoms with van der Waals surface area (Å²) < 4.78 is 0.745. The van der Waals surface area contributed by atoms with Crippen molar-refractivity contribution in [3.05, 3.63) is 27.7 Å². The van der Waals surface area contributed by atoms with E-state index in [1.165, 1.54) is 0 Å². The van der Waals surface area contributed by atoms with Gasteiger partial charge in [0.25, 0.3) is 0 Å². The van der Waals surface area contributed by atoms with E-state index in [1.807, 2.05) is 26.0 Å². The van der Waals surface area contributed by atoms with Crippen LogP contribution in [0.5, 0.6) is 0 Å². The molecule has 4 heteroatoms. The first-order valence-electron chi connectivity index (χ1n) is 3.65. The highest BCUT2D eigenvalue weighted by atomic mass is 79.9. The Bertz CT molecular complexity index is 276. The van der Waals surface area contributed by atoms with Crippen LogP contribution in [0.15, 0.2) is 16.6 Å². The Hall–Kier alpha value is -0.315. The third-order valence-electron chi connectivity index (χ3n) is 1.74. The van der Waals surface area contributed by atoms with E-state index in [0.717, 1.165) is 15.6 Å². The molecule has 1 aromatic rings. The van der Waals surface area contributed by atoms with Crippen molar-refractivity contribution in [2.24, 2.45) is 0 Å². The smallest absolute Gasteiger partial charge is 0.423 e. The summed E-state index contributed by atoms with van der Waals surface area (Å²) in [6.07, 6.45) is 0. The Kier molecular flexibility index (Phi) is 2.93. The minimum atomic E-state index is -1.40. The van der Waals surface area contributed by atoms with Crippen LogP contribution in [0.3, 0.4) is 0 Å². The largest absolute Gasteiger partial charge is 0.489 e. The summed E-state index contributed by atoms with van der Waals surface area (Å²) in [5, 5.41) is 18.0. The third kappa shape index (κ3) is 1.89. The molecule has 0 saturated carbocycles. The van der Waals surface area contributed by atoms with E-state index in [2.05, 4.69) is 15.9 Å². The molecule has 0 aromatic heterocycles. The lowest BCUT2D eigenvalue weighted by Crippen LogP contribution is -2.33. The maximum atomic E-state index is 9.00. The fraction of sp³-hybridized carbons (Fsp3) is 0.250. The molecule has 0 bridgehead atoms. The third-order valence-corrected chi connectivity index (χ3v) is 2.39. The van der Waals surface area contributed by atoms with Gasteiger partial charge in [-0.1, -0.05) is 22.0 Å². The van der Waals surface area contributed by atoms with Crippen LogP contribution in [0.25, 0.3) is 0 Å². The zero-order chi connectivity index (χ0) is 9.30. The molecule has 0 unspecified atom stereocenters. The number of hydrogen-bond acceptors (Lipinski definition) is 2. The Morgan fingerprint density at radius 3 is 2.25 bits per heavy atom. The Balaban J connectivity index is 3.28. The molecule has 0 fully saturated rings. The van der Waals surface area contributed by atoms with Crippen molar-refractivity contribution in [1.29, 1.82) is 0 Å². The Labute approximate surface area is 80.5 Å². The molecule has 0 radical (unpaired) electrons. The van der Waals surface area contributed by atoms with Gasteiger partial charge in [0.2, 0.25) is 0 Å². The second-order valence-corrected chi connectivity index (χ2v) is 3.71. The van der Waals surface area contributed by atoms with Gasteiger partial charge in [-0.3, -0.25) is 0 Å². The first-order chi connectivity index (χ1) is 5.52. The molecule has 2 N–H and O–H groups in total. The molecule has 2 nitrogen and oxygen atoms in total. The summed E-state index contributed by atoms with van der Waals surface area (Å²) in [6, 6.07) is 3.78. The van der Waals surface area contributed by atoms with Crippen molar-refractivity contribution in [2.45, 2.75) is 13.8 Å². The highest BCUT2D eigenvalue weighted by molar-refractivity contribution is 9.10. The summed E-state index contributed by atoms with van der Waals surface area (Å²) in [5.41, 5.74) is 2.53. The van der Waals surface area contributed by atoms with Crippen molar-refractivity contribution in [1.82, 2.24) is 0 Å². The zero-order valence-electron chi connectivity index (χ0n) is 7.00. The van der Waals surface area contributed by atoms with Gasteiger partial charge in [-0.05, 0) is 36.5 Å². The zero-order valence-corrected chi connectivity index (χ0v) is 8.59. The molecule has 0 amide bonds. The average molecular weight is 229 g/mol. The summed E-state index contributed by atoms with van der Waals surface area (Å²) in [5.74, 6) is 0. The van der Waals surface area contributed by atoms with Crippen LogP contribution in [0, 0.1) is 13.8 Å². The lowest BCUT2D eigenvalue weighted by molar-refractivity contribution is 0.425. The molecule has 0 heterocycles. The van der Waals surface area contributed by atoms with Crippen molar-refractivity contribution in [2.75, 3.05) is 0 Å². The van der Waals surface area contributed by atoms with Crippen molar-refractivity contribution in [3.8, 4) is 0 Å². The summed E-state index contributed by atoms with van der Waals surface area (Å²) in [4.78, 5) is 0. The van der Waals surface area contributed by atoms with Gasteiger partial charge in [0.1, 0.15) is 0 Å². The Morgan fingerprint density at radius 2 is 1.83 bits per heavy atom. The van der Waals surface area contributed by atoms with Crippen molar-refractivity contribution >= 4 is 28.5 Å². The molecular weight excluding hydrogens is 219 g/mol. The molecule has 0 aliphatic heterocycles. The SMILES string of the molecule is Cc1cc(C)c(B(O)O)c(Br)c1. The molecule has 0 saturated heterocycles. The quantitative estimate of drug-likeness (QED) is 0.697. The number of benzene rings is 1. The maximum Gasteiger partial charge on any atom is 0.489 e. The van der Waals surface area contributed by atoms with E-state index >= 15 is 0 Å².